The summed E-state index contributed by atoms with van der Waals surface area (Å²) in [5.41, 5.74) is 1.23. The summed E-state index contributed by atoms with van der Waals surface area (Å²) in [7, 11) is 0. The van der Waals surface area contributed by atoms with Gasteiger partial charge in [0.05, 0.1) is 6.04 Å². The van der Waals surface area contributed by atoms with Crippen molar-refractivity contribution >= 4 is 22.9 Å². The van der Waals surface area contributed by atoms with Crippen LogP contribution in [0.5, 0.6) is 0 Å². The number of thiazole rings is 1. The molecule has 2 atom stereocenters. The maximum Gasteiger partial charge on any atom is 0.109 e. The van der Waals surface area contributed by atoms with E-state index >= 15 is 0 Å². The lowest BCUT2D eigenvalue weighted by Crippen LogP contribution is -2.22. The number of aromatic nitrogens is 1. The van der Waals surface area contributed by atoms with Crippen LogP contribution in [0.4, 0.5) is 0 Å². The molecule has 4 heteroatoms. The molecule has 1 unspecified atom stereocenters. The summed E-state index contributed by atoms with van der Waals surface area (Å²) in [4.78, 5) is 4.31. The Morgan fingerprint density at radius 1 is 1.18 bits per heavy atom. The minimum atomic E-state index is 0.265. The van der Waals surface area contributed by atoms with E-state index in [-0.39, 0.29) is 12.1 Å². The number of nitrogens with zero attached hydrogens (tertiary/aromatic N) is 1. The largest absolute Gasteiger partial charge is 0.302 e. The number of hydrogen-bond donors (Lipinski definition) is 1. The van der Waals surface area contributed by atoms with Gasteiger partial charge in [0.2, 0.25) is 0 Å². The van der Waals surface area contributed by atoms with Gasteiger partial charge < -0.3 is 5.32 Å². The SMILES string of the molecule is CC(N[C@@H](C)c1ccc(Cl)cc1)c1nccs1. The van der Waals surface area contributed by atoms with Gasteiger partial charge in [0.1, 0.15) is 5.01 Å². The molecule has 0 fully saturated rings. The predicted molar refractivity (Wildman–Crippen MR) is 73.5 cm³/mol. The van der Waals surface area contributed by atoms with Crippen LogP contribution in [0.15, 0.2) is 35.8 Å². The summed E-state index contributed by atoms with van der Waals surface area (Å²) in [6.07, 6.45) is 1.84. The summed E-state index contributed by atoms with van der Waals surface area (Å²) >= 11 is 7.55. The average molecular weight is 267 g/mol. The fourth-order valence-corrected chi connectivity index (χ4v) is 2.52. The minimum absolute atomic E-state index is 0.265. The van der Waals surface area contributed by atoms with Gasteiger partial charge in [-0.2, -0.15) is 0 Å². The maximum absolute atomic E-state index is 5.87. The van der Waals surface area contributed by atoms with Gasteiger partial charge in [0.25, 0.3) is 0 Å². The van der Waals surface area contributed by atoms with Crippen LogP contribution >= 0.6 is 22.9 Å². The Kier molecular flexibility index (Phi) is 4.15. The molecule has 2 rings (SSSR count). The molecule has 0 aliphatic heterocycles. The Morgan fingerprint density at radius 3 is 2.47 bits per heavy atom. The molecular formula is C13H15ClN2S. The quantitative estimate of drug-likeness (QED) is 0.897. The molecule has 0 aliphatic carbocycles. The molecule has 90 valence electrons. The standard InChI is InChI=1S/C13H15ClN2S/c1-9(11-3-5-12(14)6-4-11)16-10(2)13-15-7-8-17-13/h3-10,16H,1-2H3/t9-,10?/m0/s1. The Balaban J connectivity index is 2.01. The van der Waals surface area contributed by atoms with Crippen molar-refractivity contribution in [3.63, 3.8) is 0 Å². The smallest absolute Gasteiger partial charge is 0.109 e. The third kappa shape index (κ3) is 3.28. The Bertz CT molecular complexity index is 453. The molecule has 2 aromatic rings. The van der Waals surface area contributed by atoms with E-state index in [1.54, 1.807) is 11.3 Å². The first kappa shape index (κ1) is 12.6. The molecule has 0 bridgehead atoms. The molecule has 1 heterocycles. The zero-order valence-corrected chi connectivity index (χ0v) is 11.4. The van der Waals surface area contributed by atoms with Crippen molar-refractivity contribution in [2.45, 2.75) is 25.9 Å². The second-order valence-corrected chi connectivity index (χ2v) is 5.39. The lowest BCUT2D eigenvalue weighted by Gasteiger charge is -2.18. The van der Waals surface area contributed by atoms with Gasteiger partial charge in [-0.3, -0.25) is 0 Å². The van der Waals surface area contributed by atoms with Crippen molar-refractivity contribution < 1.29 is 0 Å². The second kappa shape index (κ2) is 5.63. The van der Waals surface area contributed by atoms with Crippen LogP contribution in [-0.2, 0) is 0 Å². The van der Waals surface area contributed by atoms with Gasteiger partial charge in [-0.15, -0.1) is 11.3 Å². The number of halogens is 1. The molecule has 17 heavy (non-hydrogen) atoms. The molecule has 0 saturated carbocycles. The summed E-state index contributed by atoms with van der Waals surface area (Å²) in [6.45, 7) is 4.28. The first-order valence-electron chi connectivity index (χ1n) is 5.57. The zero-order valence-electron chi connectivity index (χ0n) is 9.85. The summed E-state index contributed by atoms with van der Waals surface area (Å²) in [6, 6.07) is 8.49. The molecule has 2 nitrogen and oxygen atoms in total. The lowest BCUT2D eigenvalue weighted by atomic mass is 10.1. The fraction of sp³-hybridized carbons (Fsp3) is 0.308. The topological polar surface area (TPSA) is 24.9 Å². The van der Waals surface area contributed by atoms with E-state index in [2.05, 4.69) is 36.3 Å². The fourth-order valence-electron chi connectivity index (χ4n) is 1.74. The van der Waals surface area contributed by atoms with E-state index in [1.807, 2.05) is 23.7 Å². The highest BCUT2D eigenvalue weighted by atomic mass is 35.5. The van der Waals surface area contributed by atoms with E-state index in [0.717, 1.165) is 10.0 Å². The van der Waals surface area contributed by atoms with Crippen LogP contribution in [0.3, 0.4) is 0 Å². The minimum Gasteiger partial charge on any atom is -0.302 e. The van der Waals surface area contributed by atoms with Crippen molar-refractivity contribution in [3.8, 4) is 0 Å². The van der Waals surface area contributed by atoms with Crippen LogP contribution in [0.25, 0.3) is 0 Å². The van der Waals surface area contributed by atoms with Crippen LogP contribution < -0.4 is 5.32 Å². The van der Waals surface area contributed by atoms with E-state index in [9.17, 15) is 0 Å². The predicted octanol–water partition coefficient (Wildman–Crippen LogP) is 4.21. The second-order valence-electron chi connectivity index (χ2n) is 4.03. The Hall–Kier alpha value is -0.900. The van der Waals surface area contributed by atoms with E-state index in [1.165, 1.54) is 5.56 Å². The third-order valence-corrected chi connectivity index (χ3v) is 3.90. The Labute approximate surface area is 111 Å². The number of benzene rings is 1. The highest BCUT2D eigenvalue weighted by Crippen LogP contribution is 2.21. The first-order chi connectivity index (χ1) is 8.16. The molecule has 0 spiro atoms. The molecule has 1 aromatic heterocycles. The normalized spacial score (nSPS) is 14.5. The lowest BCUT2D eigenvalue weighted by molar-refractivity contribution is 0.493. The van der Waals surface area contributed by atoms with Crippen LogP contribution in [-0.4, -0.2) is 4.98 Å². The van der Waals surface area contributed by atoms with Gasteiger partial charge in [-0.1, -0.05) is 23.7 Å². The third-order valence-electron chi connectivity index (χ3n) is 2.69. The molecule has 0 saturated heterocycles. The zero-order chi connectivity index (χ0) is 12.3. The highest BCUT2D eigenvalue weighted by molar-refractivity contribution is 7.09. The van der Waals surface area contributed by atoms with Crippen molar-refractivity contribution in [3.05, 3.63) is 51.4 Å². The molecule has 1 N–H and O–H groups in total. The Morgan fingerprint density at radius 2 is 1.88 bits per heavy atom. The number of rotatable bonds is 4. The summed E-state index contributed by atoms with van der Waals surface area (Å²) in [5, 5.41) is 7.41. The van der Waals surface area contributed by atoms with Gasteiger partial charge >= 0.3 is 0 Å². The van der Waals surface area contributed by atoms with E-state index < -0.39 is 0 Å². The van der Waals surface area contributed by atoms with Crippen LogP contribution in [0.2, 0.25) is 5.02 Å². The summed E-state index contributed by atoms with van der Waals surface area (Å²) in [5.74, 6) is 0. The van der Waals surface area contributed by atoms with Gasteiger partial charge in [0.15, 0.2) is 0 Å². The first-order valence-corrected chi connectivity index (χ1v) is 6.83. The molecular weight excluding hydrogens is 252 g/mol. The van der Waals surface area contributed by atoms with Crippen LogP contribution in [0, 0.1) is 0 Å². The van der Waals surface area contributed by atoms with Gasteiger partial charge in [0, 0.05) is 22.6 Å². The van der Waals surface area contributed by atoms with E-state index in [4.69, 9.17) is 11.6 Å². The molecule has 0 amide bonds. The molecule has 1 aromatic carbocycles. The van der Waals surface area contributed by atoms with Crippen molar-refractivity contribution in [1.29, 1.82) is 0 Å². The highest BCUT2D eigenvalue weighted by Gasteiger charge is 2.12. The van der Waals surface area contributed by atoms with Crippen LogP contribution in [0.1, 0.15) is 36.5 Å². The molecule has 0 radical (unpaired) electrons. The monoisotopic (exact) mass is 266 g/mol. The van der Waals surface area contributed by atoms with Crippen molar-refractivity contribution in [1.82, 2.24) is 10.3 Å². The number of nitrogens with one attached hydrogen (secondary N) is 1. The van der Waals surface area contributed by atoms with Crippen molar-refractivity contribution in [2.24, 2.45) is 0 Å². The van der Waals surface area contributed by atoms with Gasteiger partial charge in [-0.05, 0) is 31.5 Å². The van der Waals surface area contributed by atoms with Gasteiger partial charge in [-0.25, -0.2) is 4.98 Å². The average Bonchev–Trinajstić information content (AvgIpc) is 2.83. The van der Waals surface area contributed by atoms with Crippen molar-refractivity contribution in [2.75, 3.05) is 0 Å². The summed E-state index contributed by atoms with van der Waals surface area (Å²) < 4.78 is 0. The number of hydrogen-bond acceptors (Lipinski definition) is 3. The maximum atomic E-state index is 5.87. The van der Waals surface area contributed by atoms with E-state index in [0.29, 0.717) is 0 Å². The molecule has 0 aliphatic rings.